The van der Waals surface area contributed by atoms with E-state index in [4.69, 9.17) is 0 Å². The van der Waals surface area contributed by atoms with Gasteiger partial charge in [0.2, 0.25) is 5.91 Å². The Morgan fingerprint density at radius 2 is 1.88 bits per heavy atom. The van der Waals surface area contributed by atoms with Crippen molar-refractivity contribution in [1.29, 1.82) is 0 Å². The van der Waals surface area contributed by atoms with Gasteiger partial charge in [-0.3, -0.25) is 9.78 Å². The van der Waals surface area contributed by atoms with E-state index in [1.807, 2.05) is 30.3 Å². The minimum atomic E-state index is -1.06. The Balaban J connectivity index is 1.86. The van der Waals surface area contributed by atoms with Gasteiger partial charge in [-0.05, 0) is 24.5 Å². The second-order valence-electron chi connectivity index (χ2n) is 6.52. The summed E-state index contributed by atoms with van der Waals surface area (Å²) in [6, 6.07) is 9.57. The van der Waals surface area contributed by atoms with Gasteiger partial charge in [-0.2, -0.15) is 0 Å². The van der Waals surface area contributed by atoms with Gasteiger partial charge in [-0.15, -0.1) is 0 Å². The molecule has 24 heavy (non-hydrogen) atoms. The van der Waals surface area contributed by atoms with Gasteiger partial charge < -0.3 is 10.0 Å². The van der Waals surface area contributed by atoms with E-state index in [1.165, 1.54) is 4.90 Å². The number of amides is 1. The third kappa shape index (κ3) is 2.86. The lowest BCUT2D eigenvalue weighted by Gasteiger charge is -2.41. The Morgan fingerprint density at radius 3 is 2.58 bits per heavy atom. The third-order valence-corrected chi connectivity index (χ3v) is 5.15. The first-order valence-electron chi connectivity index (χ1n) is 8.37. The first-order valence-corrected chi connectivity index (χ1v) is 8.37. The molecule has 0 saturated heterocycles. The van der Waals surface area contributed by atoms with Crippen molar-refractivity contribution in [3.63, 3.8) is 0 Å². The van der Waals surface area contributed by atoms with Crippen LogP contribution in [0.15, 0.2) is 36.5 Å². The summed E-state index contributed by atoms with van der Waals surface area (Å²) in [5.74, 6) is -1.06. The Bertz CT molecular complexity index is 761. The lowest BCUT2D eigenvalue weighted by molar-refractivity contribution is -0.160. The number of fused-ring (bicyclic) bond motifs is 1. The lowest BCUT2D eigenvalue weighted by atomic mass is 9.80. The maximum atomic E-state index is 12.8. The van der Waals surface area contributed by atoms with Crippen molar-refractivity contribution in [3.05, 3.63) is 42.1 Å². The number of hydrogen-bond donors (Lipinski definition) is 1. The van der Waals surface area contributed by atoms with Crippen LogP contribution in [0.4, 0.5) is 0 Å². The molecule has 126 valence electrons. The van der Waals surface area contributed by atoms with Gasteiger partial charge in [0.15, 0.2) is 0 Å². The van der Waals surface area contributed by atoms with Gasteiger partial charge in [-0.25, -0.2) is 4.79 Å². The zero-order chi connectivity index (χ0) is 17.2. The summed E-state index contributed by atoms with van der Waals surface area (Å²) in [6.07, 6.45) is 5.65. The van der Waals surface area contributed by atoms with Crippen LogP contribution in [0.1, 0.15) is 37.7 Å². The fraction of sp³-hybridized carbons (Fsp3) is 0.421. The quantitative estimate of drug-likeness (QED) is 0.937. The number of para-hydroxylation sites is 1. The van der Waals surface area contributed by atoms with Crippen LogP contribution in [0.3, 0.4) is 0 Å². The van der Waals surface area contributed by atoms with Crippen molar-refractivity contribution >= 4 is 22.8 Å². The molecule has 5 nitrogen and oxygen atoms in total. The minimum absolute atomic E-state index is 0.167. The van der Waals surface area contributed by atoms with Crippen LogP contribution in [0, 0.1) is 0 Å². The summed E-state index contributed by atoms with van der Waals surface area (Å²) in [7, 11) is 1.63. The van der Waals surface area contributed by atoms with E-state index < -0.39 is 11.5 Å². The molecule has 0 aliphatic heterocycles. The topological polar surface area (TPSA) is 70.5 Å². The number of carbonyl (C=O) groups is 2. The van der Waals surface area contributed by atoms with Gasteiger partial charge >= 0.3 is 5.97 Å². The number of pyridine rings is 1. The highest BCUT2D eigenvalue weighted by Gasteiger charge is 2.45. The van der Waals surface area contributed by atoms with Crippen molar-refractivity contribution in [1.82, 2.24) is 9.88 Å². The Hall–Kier alpha value is -2.43. The van der Waals surface area contributed by atoms with Crippen LogP contribution in [0.5, 0.6) is 0 Å². The third-order valence-electron chi connectivity index (χ3n) is 5.15. The summed E-state index contributed by atoms with van der Waals surface area (Å²) < 4.78 is 0. The van der Waals surface area contributed by atoms with Crippen LogP contribution in [-0.4, -0.2) is 39.5 Å². The standard InChI is InChI=1S/C19H22N2O3/c1-21(19(18(23)24)10-3-2-4-11-19)16(22)13-15-8-5-7-14-9-6-12-20-17(14)15/h5-9,12H,2-4,10-11,13H2,1H3,(H,23,24). The van der Waals surface area contributed by atoms with Crippen LogP contribution in [-0.2, 0) is 16.0 Å². The number of rotatable bonds is 4. The average molecular weight is 326 g/mol. The molecule has 0 spiro atoms. The molecule has 1 fully saturated rings. The summed E-state index contributed by atoms with van der Waals surface area (Å²) in [4.78, 5) is 30.5. The number of carboxylic acid groups (broad SMARTS) is 1. The van der Waals surface area contributed by atoms with E-state index in [0.29, 0.717) is 12.8 Å². The van der Waals surface area contributed by atoms with Crippen LogP contribution in [0.2, 0.25) is 0 Å². The van der Waals surface area contributed by atoms with E-state index in [1.54, 1.807) is 13.2 Å². The van der Waals surface area contributed by atoms with E-state index >= 15 is 0 Å². The van der Waals surface area contributed by atoms with Crippen molar-refractivity contribution in [2.75, 3.05) is 7.05 Å². The van der Waals surface area contributed by atoms with Crippen molar-refractivity contribution in [3.8, 4) is 0 Å². The lowest BCUT2D eigenvalue weighted by Crippen LogP contribution is -2.56. The van der Waals surface area contributed by atoms with Crippen molar-refractivity contribution < 1.29 is 14.7 Å². The van der Waals surface area contributed by atoms with Gasteiger partial charge in [0.05, 0.1) is 11.9 Å². The largest absolute Gasteiger partial charge is 0.479 e. The molecule has 2 aromatic rings. The Kier molecular flexibility index (Phi) is 4.51. The number of benzene rings is 1. The smallest absolute Gasteiger partial charge is 0.329 e. The van der Waals surface area contributed by atoms with E-state index in [0.717, 1.165) is 35.7 Å². The molecular weight excluding hydrogens is 304 g/mol. The number of carboxylic acids is 1. The molecule has 1 heterocycles. The zero-order valence-corrected chi connectivity index (χ0v) is 13.9. The highest BCUT2D eigenvalue weighted by atomic mass is 16.4. The SMILES string of the molecule is CN(C(=O)Cc1cccc2cccnc12)C1(C(=O)O)CCCCC1. The fourth-order valence-electron chi connectivity index (χ4n) is 3.66. The van der Waals surface area contributed by atoms with Crippen molar-refractivity contribution in [2.24, 2.45) is 0 Å². The zero-order valence-electron chi connectivity index (χ0n) is 13.9. The van der Waals surface area contributed by atoms with Crippen LogP contribution < -0.4 is 0 Å². The summed E-state index contributed by atoms with van der Waals surface area (Å²) in [6.45, 7) is 0. The summed E-state index contributed by atoms with van der Waals surface area (Å²) in [5, 5.41) is 10.7. The second-order valence-corrected chi connectivity index (χ2v) is 6.52. The number of aromatic nitrogens is 1. The first-order chi connectivity index (χ1) is 11.5. The molecule has 5 heteroatoms. The predicted octanol–water partition coefficient (Wildman–Crippen LogP) is 3.02. The highest BCUT2D eigenvalue weighted by Crippen LogP contribution is 2.34. The van der Waals surface area contributed by atoms with Crippen molar-refractivity contribution in [2.45, 2.75) is 44.1 Å². The molecule has 1 N–H and O–H groups in total. The van der Waals surface area contributed by atoms with Crippen LogP contribution in [0.25, 0.3) is 10.9 Å². The molecule has 0 unspecified atom stereocenters. The number of likely N-dealkylation sites (N-methyl/N-ethyl adjacent to an activating group) is 1. The molecule has 1 aromatic heterocycles. The van der Waals surface area contributed by atoms with E-state index in [9.17, 15) is 14.7 Å². The van der Waals surface area contributed by atoms with E-state index in [-0.39, 0.29) is 12.3 Å². The van der Waals surface area contributed by atoms with E-state index in [2.05, 4.69) is 4.98 Å². The molecule has 1 aliphatic carbocycles. The predicted molar refractivity (Wildman–Crippen MR) is 91.7 cm³/mol. The van der Waals surface area contributed by atoms with Gasteiger partial charge in [0.1, 0.15) is 5.54 Å². The number of aliphatic carboxylic acids is 1. The van der Waals surface area contributed by atoms with Gasteiger partial charge in [0, 0.05) is 18.6 Å². The van der Waals surface area contributed by atoms with Crippen LogP contribution >= 0.6 is 0 Å². The molecule has 1 amide bonds. The Morgan fingerprint density at radius 1 is 1.17 bits per heavy atom. The second kappa shape index (κ2) is 6.59. The normalized spacial score (nSPS) is 16.7. The minimum Gasteiger partial charge on any atom is -0.479 e. The molecule has 0 radical (unpaired) electrons. The molecule has 1 aromatic carbocycles. The fourth-order valence-corrected chi connectivity index (χ4v) is 3.66. The number of hydrogen-bond acceptors (Lipinski definition) is 3. The average Bonchev–Trinajstić information content (AvgIpc) is 2.61. The maximum Gasteiger partial charge on any atom is 0.329 e. The molecular formula is C19H22N2O3. The molecule has 1 saturated carbocycles. The molecule has 1 aliphatic rings. The summed E-state index contributed by atoms with van der Waals surface area (Å²) >= 11 is 0. The first kappa shape index (κ1) is 16.4. The number of nitrogens with zero attached hydrogens (tertiary/aromatic N) is 2. The molecule has 3 rings (SSSR count). The van der Waals surface area contributed by atoms with Gasteiger partial charge in [-0.1, -0.05) is 43.5 Å². The van der Waals surface area contributed by atoms with Gasteiger partial charge in [0.25, 0.3) is 0 Å². The Labute approximate surface area is 141 Å². The summed E-state index contributed by atoms with van der Waals surface area (Å²) in [5.41, 5.74) is 0.573. The number of carbonyl (C=O) groups excluding carboxylic acids is 1. The highest BCUT2D eigenvalue weighted by molar-refractivity contribution is 5.91. The molecule has 0 atom stereocenters. The molecule has 0 bridgehead atoms. The maximum absolute atomic E-state index is 12.8. The monoisotopic (exact) mass is 326 g/mol.